The molecule has 2 amide bonds. The zero-order chi connectivity index (χ0) is 17.4. The number of hydrogen-bond acceptors (Lipinski definition) is 7. The molecule has 0 aliphatic carbocycles. The number of nitrogens with one attached hydrogen (secondary N) is 2. The summed E-state index contributed by atoms with van der Waals surface area (Å²) in [6.07, 6.45) is 3.03. The molecule has 1 atom stereocenters. The predicted octanol–water partition coefficient (Wildman–Crippen LogP) is 1.39. The Morgan fingerprint density at radius 2 is 2.33 bits per heavy atom. The number of nitrogens with zero attached hydrogens (tertiary/aromatic N) is 3. The predicted molar refractivity (Wildman–Crippen MR) is 89.2 cm³/mol. The van der Waals surface area contributed by atoms with E-state index in [1.807, 2.05) is 24.4 Å². The number of hydrogen-bond donors (Lipinski definition) is 3. The summed E-state index contributed by atoms with van der Waals surface area (Å²) in [7, 11) is 0. The maximum absolute atomic E-state index is 12.3. The van der Waals surface area contributed by atoms with Crippen LogP contribution in [0.1, 0.15) is 17.0 Å². The van der Waals surface area contributed by atoms with Crippen LogP contribution in [0.2, 0.25) is 0 Å². The molecule has 2 rings (SSSR count). The van der Waals surface area contributed by atoms with Gasteiger partial charge in [-0.15, -0.1) is 11.3 Å². The summed E-state index contributed by atoms with van der Waals surface area (Å²) in [6.45, 7) is 1.73. The van der Waals surface area contributed by atoms with Crippen molar-refractivity contribution in [1.82, 2.24) is 20.5 Å². The van der Waals surface area contributed by atoms with Crippen LogP contribution in [0.5, 0.6) is 0 Å². The minimum Gasteiger partial charge on any atom is -0.286 e. The number of aryl methyl sites for hydroxylation is 2. The van der Waals surface area contributed by atoms with Gasteiger partial charge in [0.1, 0.15) is 0 Å². The number of anilines is 1. The first kappa shape index (κ1) is 17.8. The molecule has 24 heavy (non-hydrogen) atoms. The highest BCUT2D eigenvalue weighted by Gasteiger charge is 2.21. The number of hydrazine groups is 1. The molecule has 0 aliphatic rings. The SMILES string of the molecule is Cc1ccnc(NNC(=O)C(CCc2cccs2)CN(O)C=O)n1. The van der Waals surface area contributed by atoms with Gasteiger partial charge in [0.05, 0.1) is 12.5 Å². The van der Waals surface area contributed by atoms with E-state index in [0.29, 0.717) is 17.9 Å². The molecule has 3 N–H and O–H groups in total. The third kappa shape index (κ3) is 5.60. The van der Waals surface area contributed by atoms with Crippen molar-refractivity contribution < 1.29 is 14.8 Å². The molecule has 0 radical (unpaired) electrons. The molecule has 0 saturated carbocycles. The van der Waals surface area contributed by atoms with Crippen LogP contribution >= 0.6 is 11.3 Å². The number of amides is 2. The van der Waals surface area contributed by atoms with E-state index in [-0.39, 0.29) is 24.8 Å². The average molecular weight is 349 g/mol. The number of carbonyl (C=O) groups is 2. The lowest BCUT2D eigenvalue weighted by Gasteiger charge is -2.19. The van der Waals surface area contributed by atoms with Crippen molar-refractivity contribution in [3.05, 3.63) is 40.3 Å². The van der Waals surface area contributed by atoms with Gasteiger partial charge in [0.15, 0.2) is 0 Å². The second kappa shape index (κ2) is 8.94. The van der Waals surface area contributed by atoms with Gasteiger partial charge in [-0.25, -0.2) is 15.0 Å². The van der Waals surface area contributed by atoms with Crippen LogP contribution in [0.3, 0.4) is 0 Å². The highest BCUT2D eigenvalue weighted by atomic mass is 32.1. The molecule has 0 aliphatic heterocycles. The summed E-state index contributed by atoms with van der Waals surface area (Å²) in [5.41, 5.74) is 5.93. The first-order valence-electron chi connectivity index (χ1n) is 7.37. The Morgan fingerprint density at radius 3 is 3.00 bits per heavy atom. The standard InChI is InChI=1S/C15H19N5O3S/c1-11-6-7-16-15(17-11)19-18-14(22)12(9-20(23)10-21)4-5-13-3-2-8-24-13/h2-3,6-8,10,12,23H,4-5,9H2,1H3,(H,18,22)(H,16,17,19). The zero-order valence-electron chi connectivity index (χ0n) is 13.2. The minimum atomic E-state index is -0.570. The van der Waals surface area contributed by atoms with Crippen LogP contribution in [0.4, 0.5) is 5.95 Å². The Bertz CT molecular complexity index is 665. The Morgan fingerprint density at radius 1 is 1.50 bits per heavy atom. The summed E-state index contributed by atoms with van der Waals surface area (Å²) < 4.78 is 0. The van der Waals surface area contributed by atoms with E-state index in [1.54, 1.807) is 23.6 Å². The van der Waals surface area contributed by atoms with Gasteiger partial charge < -0.3 is 0 Å². The maximum atomic E-state index is 12.3. The first-order valence-corrected chi connectivity index (χ1v) is 8.25. The van der Waals surface area contributed by atoms with Crippen molar-refractivity contribution in [3.8, 4) is 0 Å². The topological polar surface area (TPSA) is 107 Å². The van der Waals surface area contributed by atoms with Gasteiger partial charge in [0.2, 0.25) is 18.3 Å². The lowest BCUT2D eigenvalue weighted by Crippen LogP contribution is -2.40. The maximum Gasteiger partial charge on any atom is 0.243 e. The van der Waals surface area contributed by atoms with Crippen molar-refractivity contribution in [2.45, 2.75) is 19.8 Å². The van der Waals surface area contributed by atoms with Gasteiger partial charge in [0.25, 0.3) is 0 Å². The Labute approximate surface area is 143 Å². The molecule has 0 aromatic carbocycles. The van der Waals surface area contributed by atoms with Crippen LogP contribution in [-0.2, 0) is 16.0 Å². The van der Waals surface area contributed by atoms with Crippen molar-refractivity contribution in [2.75, 3.05) is 12.0 Å². The monoisotopic (exact) mass is 349 g/mol. The van der Waals surface area contributed by atoms with Crippen LogP contribution in [0.25, 0.3) is 0 Å². The lowest BCUT2D eigenvalue weighted by molar-refractivity contribution is -0.154. The molecule has 0 bridgehead atoms. The van der Waals surface area contributed by atoms with Crippen LogP contribution in [-0.4, -0.2) is 39.1 Å². The highest BCUT2D eigenvalue weighted by molar-refractivity contribution is 7.09. The molecule has 0 saturated heterocycles. The largest absolute Gasteiger partial charge is 0.286 e. The van der Waals surface area contributed by atoms with E-state index in [1.165, 1.54) is 0 Å². The van der Waals surface area contributed by atoms with E-state index in [0.717, 1.165) is 10.6 Å². The third-order valence-electron chi connectivity index (χ3n) is 3.31. The summed E-state index contributed by atoms with van der Waals surface area (Å²) >= 11 is 1.60. The fraction of sp³-hybridized carbons (Fsp3) is 0.333. The molecule has 8 nitrogen and oxygen atoms in total. The van der Waals surface area contributed by atoms with E-state index < -0.39 is 5.92 Å². The van der Waals surface area contributed by atoms with Crippen molar-refractivity contribution in [3.63, 3.8) is 0 Å². The van der Waals surface area contributed by atoms with E-state index in [4.69, 9.17) is 0 Å². The number of thiophene rings is 1. The minimum absolute atomic E-state index is 0.0862. The smallest absolute Gasteiger partial charge is 0.243 e. The van der Waals surface area contributed by atoms with Gasteiger partial charge in [-0.1, -0.05) is 6.07 Å². The summed E-state index contributed by atoms with van der Waals surface area (Å²) in [4.78, 5) is 32.2. The molecule has 2 heterocycles. The fourth-order valence-corrected chi connectivity index (χ4v) is 2.80. The van der Waals surface area contributed by atoms with Crippen molar-refractivity contribution in [1.29, 1.82) is 0 Å². The molecular weight excluding hydrogens is 330 g/mol. The van der Waals surface area contributed by atoms with Crippen LogP contribution < -0.4 is 10.9 Å². The molecule has 128 valence electrons. The van der Waals surface area contributed by atoms with Crippen LogP contribution in [0.15, 0.2) is 29.8 Å². The number of carbonyl (C=O) groups excluding carboxylic acids is 2. The van der Waals surface area contributed by atoms with E-state index in [9.17, 15) is 14.8 Å². The first-order chi connectivity index (χ1) is 11.6. The lowest BCUT2D eigenvalue weighted by atomic mass is 10.0. The average Bonchev–Trinajstić information content (AvgIpc) is 3.09. The quantitative estimate of drug-likeness (QED) is 0.359. The molecule has 1 unspecified atom stereocenters. The Hall–Kier alpha value is -2.52. The Kier molecular flexibility index (Phi) is 6.64. The van der Waals surface area contributed by atoms with Crippen LogP contribution in [0, 0.1) is 12.8 Å². The van der Waals surface area contributed by atoms with Gasteiger partial charge in [-0.2, -0.15) is 0 Å². The third-order valence-corrected chi connectivity index (χ3v) is 4.25. The fourth-order valence-electron chi connectivity index (χ4n) is 2.07. The summed E-state index contributed by atoms with van der Waals surface area (Å²) in [6, 6.07) is 5.66. The molecule has 0 spiro atoms. The van der Waals surface area contributed by atoms with Gasteiger partial charge in [-0.05, 0) is 37.3 Å². The summed E-state index contributed by atoms with van der Waals surface area (Å²) in [5.74, 6) is -0.645. The normalized spacial score (nSPS) is 11.6. The van der Waals surface area contributed by atoms with Crippen molar-refractivity contribution in [2.24, 2.45) is 5.92 Å². The number of rotatable bonds is 9. The molecule has 0 fully saturated rings. The summed E-state index contributed by atoms with van der Waals surface area (Å²) in [5, 5.41) is 11.8. The van der Waals surface area contributed by atoms with Gasteiger partial charge in [0, 0.05) is 16.8 Å². The second-order valence-electron chi connectivity index (χ2n) is 5.18. The Balaban J connectivity index is 1.93. The molecule has 9 heteroatoms. The van der Waals surface area contributed by atoms with E-state index in [2.05, 4.69) is 20.8 Å². The van der Waals surface area contributed by atoms with Gasteiger partial charge in [-0.3, -0.25) is 25.6 Å². The highest BCUT2D eigenvalue weighted by Crippen LogP contribution is 2.15. The van der Waals surface area contributed by atoms with E-state index >= 15 is 0 Å². The second-order valence-corrected chi connectivity index (χ2v) is 6.21. The van der Waals surface area contributed by atoms with Crippen molar-refractivity contribution >= 4 is 29.6 Å². The molecule has 2 aromatic heterocycles. The zero-order valence-corrected chi connectivity index (χ0v) is 14.0. The molecular formula is C15H19N5O3S. The molecule has 2 aromatic rings. The number of aromatic nitrogens is 2. The number of hydroxylamine groups is 2. The van der Waals surface area contributed by atoms with Gasteiger partial charge >= 0.3 is 0 Å².